The molecule has 0 saturated carbocycles. The molecular formula is C18H24ClN5OS. The second-order valence-electron chi connectivity index (χ2n) is 7.08. The molecule has 2 atom stereocenters. The molecule has 2 N–H and O–H groups in total. The lowest BCUT2D eigenvalue weighted by atomic mass is 9.89. The molecule has 2 fully saturated rings. The molecule has 0 spiro atoms. The summed E-state index contributed by atoms with van der Waals surface area (Å²) in [6.45, 7) is 0. The van der Waals surface area contributed by atoms with Crippen LogP contribution in [0.25, 0.3) is 0 Å². The van der Waals surface area contributed by atoms with Crippen molar-refractivity contribution in [3.05, 3.63) is 30.6 Å². The third kappa shape index (κ3) is 4.58. The minimum absolute atomic E-state index is 0. The number of carbonyl (C=O) groups is 1. The van der Waals surface area contributed by atoms with Crippen molar-refractivity contribution >= 4 is 35.8 Å². The molecule has 2 bridgehead atoms. The number of nitrogens with one attached hydrogen (secondary N) is 2. The van der Waals surface area contributed by atoms with Crippen molar-refractivity contribution in [2.75, 3.05) is 5.32 Å². The summed E-state index contributed by atoms with van der Waals surface area (Å²) in [6, 6.07) is 9.16. The van der Waals surface area contributed by atoms with E-state index in [0.29, 0.717) is 24.4 Å². The monoisotopic (exact) mass is 393 g/mol. The van der Waals surface area contributed by atoms with E-state index in [-0.39, 0.29) is 18.3 Å². The van der Waals surface area contributed by atoms with E-state index >= 15 is 0 Å². The zero-order valence-electron chi connectivity index (χ0n) is 14.7. The number of hydrogen-bond donors (Lipinski definition) is 2. The van der Waals surface area contributed by atoms with Crippen LogP contribution < -0.4 is 10.6 Å². The first-order chi connectivity index (χ1) is 12.2. The van der Waals surface area contributed by atoms with Crippen LogP contribution in [-0.4, -0.2) is 32.8 Å². The summed E-state index contributed by atoms with van der Waals surface area (Å²) in [6.07, 6.45) is 7.13. The second-order valence-corrected chi connectivity index (χ2v) is 8.12. The van der Waals surface area contributed by atoms with Gasteiger partial charge in [-0.2, -0.15) is 0 Å². The molecule has 2 aromatic rings. The van der Waals surface area contributed by atoms with Crippen molar-refractivity contribution in [3.8, 4) is 0 Å². The van der Waals surface area contributed by atoms with E-state index in [9.17, 15) is 4.79 Å². The summed E-state index contributed by atoms with van der Waals surface area (Å²) < 4.78 is 1.88. The van der Waals surface area contributed by atoms with Crippen LogP contribution in [0.3, 0.4) is 0 Å². The van der Waals surface area contributed by atoms with Gasteiger partial charge in [-0.05, 0) is 67.6 Å². The predicted octanol–water partition coefficient (Wildman–Crippen LogP) is 3.25. The minimum atomic E-state index is 0. The molecule has 6 nitrogen and oxygen atoms in total. The number of aryl methyl sites for hydroxylation is 1. The van der Waals surface area contributed by atoms with Crippen LogP contribution in [0, 0.1) is 5.92 Å². The topological polar surface area (TPSA) is 71.8 Å². The first-order valence-corrected chi connectivity index (χ1v) is 9.65. The smallest absolute Gasteiger partial charge is 0.224 e. The maximum atomic E-state index is 12.3. The fourth-order valence-corrected chi connectivity index (χ4v) is 4.65. The number of nitrogens with zero attached hydrogens (tertiary/aromatic N) is 3. The van der Waals surface area contributed by atoms with Crippen LogP contribution in [0.15, 0.2) is 40.6 Å². The van der Waals surface area contributed by atoms with E-state index in [2.05, 4.69) is 20.8 Å². The van der Waals surface area contributed by atoms with Gasteiger partial charge in [-0.1, -0.05) is 0 Å². The van der Waals surface area contributed by atoms with Gasteiger partial charge in [0.2, 0.25) is 5.91 Å². The highest BCUT2D eigenvalue weighted by atomic mass is 35.5. The Labute approximate surface area is 163 Å². The molecular weight excluding hydrogens is 370 g/mol. The second kappa shape index (κ2) is 8.41. The molecule has 2 aliphatic rings. The van der Waals surface area contributed by atoms with Gasteiger partial charge < -0.3 is 15.2 Å². The number of rotatable bonds is 5. The summed E-state index contributed by atoms with van der Waals surface area (Å²) in [5, 5.41) is 15.4. The van der Waals surface area contributed by atoms with Crippen LogP contribution in [0.2, 0.25) is 0 Å². The number of fused-ring (bicyclic) bond motifs is 2. The Morgan fingerprint density at radius 3 is 2.58 bits per heavy atom. The van der Waals surface area contributed by atoms with Gasteiger partial charge in [-0.3, -0.25) is 4.79 Å². The number of halogens is 1. The Kier molecular flexibility index (Phi) is 6.21. The number of piperidine rings is 1. The first kappa shape index (κ1) is 19.2. The van der Waals surface area contributed by atoms with Crippen LogP contribution in [0.4, 0.5) is 5.69 Å². The number of hydrogen-bond acceptors (Lipinski definition) is 5. The minimum Gasteiger partial charge on any atom is -0.326 e. The Bertz CT molecular complexity index is 738. The maximum absolute atomic E-state index is 12.3. The van der Waals surface area contributed by atoms with E-state index < -0.39 is 0 Å². The molecule has 140 valence electrons. The van der Waals surface area contributed by atoms with Crippen molar-refractivity contribution in [1.82, 2.24) is 20.1 Å². The molecule has 2 unspecified atom stereocenters. The van der Waals surface area contributed by atoms with Crippen LogP contribution in [0.1, 0.15) is 32.1 Å². The van der Waals surface area contributed by atoms with Crippen molar-refractivity contribution < 1.29 is 4.79 Å². The van der Waals surface area contributed by atoms with Crippen molar-refractivity contribution in [3.63, 3.8) is 0 Å². The molecule has 4 rings (SSSR count). The van der Waals surface area contributed by atoms with Crippen LogP contribution in [0.5, 0.6) is 0 Å². The SMILES string of the molecule is Cl.Cn1cnnc1Sc1ccc(NC(=O)CC2CC3CCC(C2)N3)cc1. The van der Waals surface area contributed by atoms with Crippen molar-refractivity contribution in [2.45, 2.75) is 54.2 Å². The molecule has 3 heterocycles. The Morgan fingerprint density at radius 1 is 1.27 bits per heavy atom. The zero-order valence-corrected chi connectivity index (χ0v) is 16.4. The van der Waals surface area contributed by atoms with E-state index in [1.165, 1.54) is 12.8 Å². The fourth-order valence-electron chi connectivity index (χ4n) is 3.89. The van der Waals surface area contributed by atoms with Gasteiger partial charge in [0, 0.05) is 36.1 Å². The van der Waals surface area contributed by atoms with Crippen LogP contribution in [-0.2, 0) is 11.8 Å². The maximum Gasteiger partial charge on any atom is 0.224 e. The van der Waals surface area contributed by atoms with E-state index in [1.54, 1.807) is 18.1 Å². The van der Waals surface area contributed by atoms with Crippen LogP contribution >= 0.6 is 24.2 Å². The lowest BCUT2D eigenvalue weighted by molar-refractivity contribution is -0.117. The number of anilines is 1. The van der Waals surface area contributed by atoms with Gasteiger partial charge in [0.15, 0.2) is 5.16 Å². The summed E-state index contributed by atoms with van der Waals surface area (Å²) in [5.41, 5.74) is 0.851. The summed E-state index contributed by atoms with van der Waals surface area (Å²) in [7, 11) is 1.92. The number of benzene rings is 1. The molecule has 0 radical (unpaired) electrons. The molecule has 1 amide bonds. The molecule has 1 aromatic carbocycles. The molecule has 2 saturated heterocycles. The van der Waals surface area contributed by atoms with E-state index in [0.717, 1.165) is 28.6 Å². The van der Waals surface area contributed by atoms with Gasteiger partial charge >= 0.3 is 0 Å². The van der Waals surface area contributed by atoms with Gasteiger partial charge in [0.25, 0.3) is 0 Å². The summed E-state index contributed by atoms with van der Waals surface area (Å²) in [5.74, 6) is 0.643. The highest BCUT2D eigenvalue weighted by Crippen LogP contribution is 2.33. The highest BCUT2D eigenvalue weighted by molar-refractivity contribution is 7.99. The summed E-state index contributed by atoms with van der Waals surface area (Å²) in [4.78, 5) is 13.4. The van der Waals surface area contributed by atoms with Gasteiger partial charge in [-0.25, -0.2) is 0 Å². The number of aromatic nitrogens is 3. The normalized spacial score (nSPS) is 24.1. The van der Waals surface area contributed by atoms with Crippen molar-refractivity contribution in [1.29, 1.82) is 0 Å². The quantitative estimate of drug-likeness (QED) is 0.815. The average molecular weight is 394 g/mol. The average Bonchev–Trinajstić information content (AvgIpc) is 3.14. The number of amides is 1. The largest absolute Gasteiger partial charge is 0.326 e. The molecule has 8 heteroatoms. The zero-order chi connectivity index (χ0) is 17.2. The lowest BCUT2D eigenvalue weighted by Crippen LogP contribution is -2.39. The summed E-state index contributed by atoms with van der Waals surface area (Å²) >= 11 is 1.55. The molecule has 26 heavy (non-hydrogen) atoms. The molecule has 1 aromatic heterocycles. The third-order valence-electron chi connectivity index (χ3n) is 5.06. The highest BCUT2D eigenvalue weighted by Gasteiger charge is 2.34. The third-order valence-corrected chi connectivity index (χ3v) is 6.12. The Hall–Kier alpha value is -1.57. The number of carbonyl (C=O) groups excluding carboxylic acids is 1. The molecule has 0 aliphatic carbocycles. The van der Waals surface area contributed by atoms with Gasteiger partial charge in [-0.15, -0.1) is 22.6 Å². The van der Waals surface area contributed by atoms with Gasteiger partial charge in [0.05, 0.1) is 0 Å². The first-order valence-electron chi connectivity index (χ1n) is 8.83. The Morgan fingerprint density at radius 2 is 1.96 bits per heavy atom. The van der Waals surface area contributed by atoms with E-state index in [4.69, 9.17) is 0 Å². The van der Waals surface area contributed by atoms with E-state index in [1.807, 2.05) is 35.9 Å². The van der Waals surface area contributed by atoms with Gasteiger partial charge in [0.1, 0.15) is 6.33 Å². The Balaban J connectivity index is 0.00000196. The fraction of sp³-hybridized carbons (Fsp3) is 0.500. The van der Waals surface area contributed by atoms with Crippen molar-refractivity contribution in [2.24, 2.45) is 13.0 Å². The standard InChI is InChI=1S/C18H23N5OS.ClH/c1-23-11-19-22-18(23)25-16-6-4-13(5-7-16)21-17(24)10-12-8-14-2-3-15(9-12)20-14;/h4-7,11-12,14-15,20H,2-3,8-10H2,1H3,(H,21,24);1H. The molecule has 2 aliphatic heterocycles. The predicted molar refractivity (Wildman–Crippen MR) is 105 cm³/mol. The lowest BCUT2D eigenvalue weighted by Gasteiger charge is -2.28.